The van der Waals surface area contributed by atoms with Crippen LogP contribution in [0.25, 0.3) is 5.65 Å². The Morgan fingerprint density at radius 3 is 2.88 bits per heavy atom. The number of nitrogens with zero attached hydrogens (tertiary/aromatic N) is 4. The Morgan fingerprint density at radius 1 is 1.35 bits per heavy atom. The standard InChI is InChI=1S/C11H13ClN4O/c1-8-6-13-10(15-2-4-17-5-3-15)11-14-9(12)7-16(8)11/h6-7H,2-5H2,1H3. The molecule has 0 atom stereocenters. The van der Waals surface area contributed by atoms with Gasteiger partial charge in [-0.3, -0.25) is 4.40 Å². The molecule has 2 aromatic heterocycles. The van der Waals surface area contributed by atoms with Crippen LogP contribution >= 0.6 is 11.6 Å². The van der Waals surface area contributed by atoms with E-state index in [1.807, 2.05) is 23.7 Å². The van der Waals surface area contributed by atoms with Gasteiger partial charge in [-0.15, -0.1) is 0 Å². The summed E-state index contributed by atoms with van der Waals surface area (Å²) in [5.74, 6) is 0.880. The Balaban J connectivity index is 2.12. The summed E-state index contributed by atoms with van der Waals surface area (Å²) in [6.45, 7) is 5.14. The second-order valence-corrected chi connectivity index (χ2v) is 4.47. The summed E-state index contributed by atoms with van der Waals surface area (Å²) >= 11 is 5.96. The fraction of sp³-hybridized carbons (Fsp3) is 0.455. The van der Waals surface area contributed by atoms with Gasteiger partial charge in [0.15, 0.2) is 11.5 Å². The average Bonchev–Trinajstić information content (AvgIpc) is 2.73. The van der Waals surface area contributed by atoms with Crippen molar-refractivity contribution in [3.05, 3.63) is 23.2 Å². The summed E-state index contributed by atoms with van der Waals surface area (Å²) in [6.07, 6.45) is 3.66. The first-order valence-corrected chi connectivity index (χ1v) is 5.96. The molecule has 6 heteroatoms. The lowest BCUT2D eigenvalue weighted by Gasteiger charge is -2.27. The molecule has 3 rings (SSSR count). The van der Waals surface area contributed by atoms with E-state index in [1.165, 1.54) is 0 Å². The Hall–Kier alpha value is -1.33. The number of hydrogen-bond acceptors (Lipinski definition) is 4. The molecule has 17 heavy (non-hydrogen) atoms. The predicted octanol–water partition coefficient (Wildman–Crippen LogP) is 1.53. The number of aromatic nitrogens is 3. The van der Waals surface area contributed by atoms with Crippen molar-refractivity contribution >= 4 is 23.1 Å². The van der Waals surface area contributed by atoms with Gasteiger partial charge >= 0.3 is 0 Å². The molecule has 90 valence electrons. The summed E-state index contributed by atoms with van der Waals surface area (Å²) in [5.41, 5.74) is 1.84. The van der Waals surface area contributed by atoms with E-state index < -0.39 is 0 Å². The van der Waals surface area contributed by atoms with Gasteiger partial charge in [0.05, 0.1) is 13.2 Å². The molecule has 0 bridgehead atoms. The molecule has 3 heterocycles. The van der Waals surface area contributed by atoms with Gasteiger partial charge in [0, 0.05) is 31.2 Å². The largest absolute Gasteiger partial charge is 0.378 e. The monoisotopic (exact) mass is 252 g/mol. The van der Waals surface area contributed by atoms with Crippen LogP contribution in [0.1, 0.15) is 5.69 Å². The van der Waals surface area contributed by atoms with E-state index in [-0.39, 0.29) is 0 Å². The number of anilines is 1. The van der Waals surface area contributed by atoms with Gasteiger partial charge in [-0.2, -0.15) is 0 Å². The molecule has 1 aliphatic heterocycles. The van der Waals surface area contributed by atoms with Gasteiger partial charge in [-0.1, -0.05) is 11.6 Å². The normalized spacial score (nSPS) is 16.7. The molecule has 0 radical (unpaired) electrons. The van der Waals surface area contributed by atoms with E-state index in [0.29, 0.717) is 5.15 Å². The number of fused-ring (bicyclic) bond motifs is 1. The Bertz CT molecular complexity index is 548. The minimum absolute atomic E-state index is 0.496. The van der Waals surface area contributed by atoms with E-state index in [2.05, 4.69) is 14.9 Å². The third-order valence-corrected chi connectivity index (χ3v) is 3.12. The van der Waals surface area contributed by atoms with Crippen LogP contribution in [0.3, 0.4) is 0 Å². The molecule has 1 fully saturated rings. The van der Waals surface area contributed by atoms with Crippen molar-refractivity contribution in [2.24, 2.45) is 0 Å². The molecule has 0 spiro atoms. The smallest absolute Gasteiger partial charge is 0.181 e. The third-order valence-electron chi connectivity index (χ3n) is 2.94. The average molecular weight is 253 g/mol. The van der Waals surface area contributed by atoms with Crippen LogP contribution in [0.4, 0.5) is 5.82 Å². The molecule has 0 N–H and O–H groups in total. The number of imidazole rings is 1. The van der Waals surface area contributed by atoms with E-state index in [1.54, 1.807) is 0 Å². The van der Waals surface area contributed by atoms with Crippen LogP contribution in [-0.2, 0) is 4.74 Å². The first kappa shape index (κ1) is 10.8. The predicted molar refractivity (Wildman–Crippen MR) is 65.8 cm³/mol. The summed E-state index contributed by atoms with van der Waals surface area (Å²) < 4.78 is 7.31. The van der Waals surface area contributed by atoms with Crippen molar-refractivity contribution in [3.8, 4) is 0 Å². The fourth-order valence-corrected chi connectivity index (χ4v) is 2.23. The van der Waals surface area contributed by atoms with Gasteiger partial charge in [0.2, 0.25) is 0 Å². The lowest BCUT2D eigenvalue weighted by atomic mass is 10.4. The number of hydrogen-bond donors (Lipinski definition) is 0. The Morgan fingerprint density at radius 2 is 2.12 bits per heavy atom. The van der Waals surface area contributed by atoms with Crippen LogP contribution < -0.4 is 4.90 Å². The molecule has 0 amide bonds. The Kier molecular flexibility index (Phi) is 2.64. The molecular formula is C11H13ClN4O. The minimum Gasteiger partial charge on any atom is -0.378 e. The molecule has 1 aliphatic rings. The first-order chi connectivity index (χ1) is 8.25. The van der Waals surface area contributed by atoms with Crippen molar-refractivity contribution in [2.75, 3.05) is 31.2 Å². The molecule has 0 unspecified atom stereocenters. The minimum atomic E-state index is 0.496. The summed E-state index contributed by atoms with van der Waals surface area (Å²) in [5, 5.41) is 0.496. The van der Waals surface area contributed by atoms with Crippen molar-refractivity contribution in [1.29, 1.82) is 0 Å². The molecular weight excluding hydrogens is 240 g/mol. The third kappa shape index (κ3) is 1.85. The number of aryl methyl sites for hydroxylation is 1. The van der Waals surface area contributed by atoms with Gasteiger partial charge in [-0.05, 0) is 6.92 Å². The zero-order valence-corrected chi connectivity index (χ0v) is 10.3. The maximum Gasteiger partial charge on any atom is 0.181 e. The van der Waals surface area contributed by atoms with Crippen molar-refractivity contribution in [1.82, 2.24) is 14.4 Å². The van der Waals surface area contributed by atoms with Crippen molar-refractivity contribution in [3.63, 3.8) is 0 Å². The lowest BCUT2D eigenvalue weighted by molar-refractivity contribution is 0.122. The number of halogens is 1. The molecule has 1 saturated heterocycles. The molecule has 0 aliphatic carbocycles. The maximum atomic E-state index is 5.96. The topological polar surface area (TPSA) is 42.7 Å². The molecule has 0 aromatic carbocycles. The van der Waals surface area contributed by atoms with Crippen LogP contribution in [0.5, 0.6) is 0 Å². The van der Waals surface area contributed by atoms with Crippen LogP contribution in [-0.4, -0.2) is 40.7 Å². The zero-order chi connectivity index (χ0) is 11.8. The van der Waals surface area contributed by atoms with Gasteiger partial charge in [0.25, 0.3) is 0 Å². The highest BCUT2D eigenvalue weighted by atomic mass is 35.5. The zero-order valence-electron chi connectivity index (χ0n) is 9.56. The molecule has 2 aromatic rings. The van der Waals surface area contributed by atoms with Gasteiger partial charge < -0.3 is 9.64 Å². The SMILES string of the molecule is Cc1cnc(N2CCOCC2)c2nc(Cl)cn12. The van der Waals surface area contributed by atoms with E-state index in [4.69, 9.17) is 16.3 Å². The maximum absolute atomic E-state index is 5.96. The highest BCUT2D eigenvalue weighted by molar-refractivity contribution is 6.29. The van der Waals surface area contributed by atoms with Crippen molar-refractivity contribution < 1.29 is 4.74 Å². The van der Waals surface area contributed by atoms with Crippen LogP contribution in [0, 0.1) is 6.92 Å². The second-order valence-electron chi connectivity index (χ2n) is 4.08. The summed E-state index contributed by atoms with van der Waals surface area (Å²) in [7, 11) is 0. The number of rotatable bonds is 1. The van der Waals surface area contributed by atoms with E-state index in [0.717, 1.165) is 43.5 Å². The van der Waals surface area contributed by atoms with Gasteiger partial charge in [0.1, 0.15) is 5.15 Å². The van der Waals surface area contributed by atoms with Gasteiger partial charge in [-0.25, -0.2) is 9.97 Å². The second kappa shape index (κ2) is 4.16. The summed E-state index contributed by atoms with van der Waals surface area (Å²) in [6, 6.07) is 0. The fourth-order valence-electron chi connectivity index (χ4n) is 2.05. The first-order valence-electron chi connectivity index (χ1n) is 5.58. The molecule has 5 nitrogen and oxygen atoms in total. The quantitative estimate of drug-likeness (QED) is 0.772. The highest BCUT2D eigenvalue weighted by Crippen LogP contribution is 2.22. The molecule has 0 saturated carbocycles. The highest BCUT2D eigenvalue weighted by Gasteiger charge is 2.17. The van der Waals surface area contributed by atoms with Crippen molar-refractivity contribution in [2.45, 2.75) is 6.92 Å². The van der Waals surface area contributed by atoms with E-state index in [9.17, 15) is 0 Å². The number of morpholine rings is 1. The lowest BCUT2D eigenvalue weighted by Crippen LogP contribution is -2.37. The van der Waals surface area contributed by atoms with Crippen LogP contribution in [0.2, 0.25) is 5.15 Å². The van der Waals surface area contributed by atoms with Crippen LogP contribution in [0.15, 0.2) is 12.4 Å². The Labute approximate surface area is 104 Å². The number of ether oxygens (including phenoxy) is 1. The summed E-state index contributed by atoms with van der Waals surface area (Å²) in [4.78, 5) is 11.0. The van der Waals surface area contributed by atoms with E-state index >= 15 is 0 Å².